The number of carbonyl (C=O) groups excluding carboxylic acids is 2. The Bertz CT molecular complexity index is 1000. The molecule has 6 nitrogen and oxygen atoms in total. The third-order valence-electron chi connectivity index (χ3n) is 14.3. The molecule has 1 amide bonds. The number of aliphatic hydroxyl groups is 2. The summed E-state index contributed by atoms with van der Waals surface area (Å²) < 4.78 is 5.45. The van der Waals surface area contributed by atoms with E-state index in [1.807, 2.05) is 0 Å². The van der Waals surface area contributed by atoms with Crippen molar-refractivity contribution in [3.8, 4) is 0 Å². The number of ether oxygens (including phenoxy) is 1. The van der Waals surface area contributed by atoms with Crippen molar-refractivity contribution in [3.05, 3.63) is 12.2 Å². The van der Waals surface area contributed by atoms with Crippen molar-refractivity contribution in [2.75, 3.05) is 13.2 Å². The number of hydrogen-bond acceptors (Lipinski definition) is 5. The van der Waals surface area contributed by atoms with Gasteiger partial charge in [0.15, 0.2) is 0 Å². The van der Waals surface area contributed by atoms with Crippen LogP contribution < -0.4 is 5.32 Å². The average Bonchev–Trinajstić information content (AvgIpc) is 3.33. The summed E-state index contributed by atoms with van der Waals surface area (Å²) in [6, 6.07) is -0.567. The highest BCUT2D eigenvalue weighted by Gasteiger charge is 2.20. The van der Waals surface area contributed by atoms with E-state index in [0.717, 1.165) is 77.0 Å². The molecule has 67 heavy (non-hydrogen) atoms. The van der Waals surface area contributed by atoms with E-state index in [9.17, 15) is 19.8 Å². The Morgan fingerprint density at radius 1 is 0.403 bits per heavy atom. The van der Waals surface area contributed by atoms with Crippen molar-refractivity contribution in [1.82, 2.24) is 5.32 Å². The second-order valence-corrected chi connectivity index (χ2v) is 21.0. The predicted octanol–water partition coefficient (Wildman–Crippen LogP) is 18.9. The van der Waals surface area contributed by atoms with E-state index < -0.39 is 12.1 Å². The number of allylic oxidation sites excluding steroid dienone is 2. The molecular weight excluding hydrogens is 827 g/mol. The van der Waals surface area contributed by atoms with E-state index in [2.05, 4.69) is 31.3 Å². The number of rotatable bonds is 57. The zero-order chi connectivity index (χ0) is 48.6. The van der Waals surface area contributed by atoms with Gasteiger partial charge in [-0.2, -0.15) is 0 Å². The van der Waals surface area contributed by atoms with Gasteiger partial charge < -0.3 is 20.3 Å². The van der Waals surface area contributed by atoms with Gasteiger partial charge in [-0.15, -0.1) is 0 Å². The summed E-state index contributed by atoms with van der Waals surface area (Å²) in [6.45, 7) is 4.90. The molecule has 0 radical (unpaired) electrons. The van der Waals surface area contributed by atoms with Crippen molar-refractivity contribution in [3.63, 3.8) is 0 Å². The Balaban J connectivity index is 3.48. The second-order valence-electron chi connectivity index (χ2n) is 21.0. The standard InChI is InChI=1S/C61H119NO5/c1-3-5-7-9-11-13-15-17-19-21-22-23-24-25-26-27-28-29-31-33-37-41-45-49-53-59(64)58(57-63)62-60(65)54-50-46-42-38-35-36-40-44-48-52-56-67-61(66)55-51-47-43-39-34-32-30-20-18-16-14-12-10-8-6-4-2/h36,40,58-59,63-64H,3-35,37-39,41-57H2,1-2H3,(H,62,65)/b40-36-. The zero-order valence-electron chi connectivity index (χ0n) is 45.4. The Labute approximate surface area is 419 Å². The van der Waals surface area contributed by atoms with Gasteiger partial charge in [-0.1, -0.05) is 289 Å². The van der Waals surface area contributed by atoms with Gasteiger partial charge in [0.2, 0.25) is 5.91 Å². The van der Waals surface area contributed by atoms with Crippen LogP contribution in [0.3, 0.4) is 0 Å². The summed E-state index contributed by atoms with van der Waals surface area (Å²) in [4.78, 5) is 24.6. The van der Waals surface area contributed by atoms with Gasteiger partial charge in [-0.3, -0.25) is 9.59 Å². The van der Waals surface area contributed by atoms with Crippen LogP contribution in [-0.4, -0.2) is 47.4 Å². The first-order chi connectivity index (χ1) is 33.0. The molecule has 0 aromatic heterocycles. The monoisotopic (exact) mass is 946 g/mol. The second kappa shape index (κ2) is 57.2. The molecule has 0 aliphatic carbocycles. The first kappa shape index (κ1) is 65.6. The molecule has 0 spiro atoms. The van der Waals surface area contributed by atoms with Crippen LogP contribution in [0.4, 0.5) is 0 Å². The van der Waals surface area contributed by atoms with Crippen LogP contribution in [0.25, 0.3) is 0 Å². The highest BCUT2D eigenvalue weighted by molar-refractivity contribution is 5.76. The Kier molecular flexibility index (Phi) is 56.0. The maximum absolute atomic E-state index is 12.5. The minimum absolute atomic E-state index is 0.0315. The summed E-state index contributed by atoms with van der Waals surface area (Å²) in [5.74, 6) is -0.0977. The van der Waals surface area contributed by atoms with Crippen LogP contribution in [0.1, 0.15) is 341 Å². The summed E-state index contributed by atoms with van der Waals surface area (Å²) in [7, 11) is 0. The third-order valence-corrected chi connectivity index (χ3v) is 14.3. The molecular formula is C61H119NO5. The molecule has 0 aliphatic rings. The Morgan fingerprint density at radius 2 is 0.701 bits per heavy atom. The molecule has 0 aromatic carbocycles. The molecule has 2 atom stereocenters. The number of carbonyl (C=O) groups is 2. The highest BCUT2D eigenvalue weighted by Crippen LogP contribution is 2.18. The molecule has 0 rings (SSSR count). The predicted molar refractivity (Wildman–Crippen MR) is 292 cm³/mol. The molecule has 0 saturated carbocycles. The van der Waals surface area contributed by atoms with E-state index in [0.29, 0.717) is 25.9 Å². The van der Waals surface area contributed by atoms with Gasteiger partial charge in [0, 0.05) is 12.8 Å². The van der Waals surface area contributed by atoms with Crippen LogP contribution in [0.15, 0.2) is 12.2 Å². The number of amides is 1. The van der Waals surface area contributed by atoms with Gasteiger partial charge in [0.05, 0.1) is 25.4 Å². The zero-order valence-corrected chi connectivity index (χ0v) is 45.4. The molecule has 0 heterocycles. The van der Waals surface area contributed by atoms with Crippen molar-refractivity contribution in [1.29, 1.82) is 0 Å². The van der Waals surface area contributed by atoms with Crippen molar-refractivity contribution < 1.29 is 24.5 Å². The lowest BCUT2D eigenvalue weighted by Crippen LogP contribution is -2.45. The molecule has 6 heteroatoms. The largest absolute Gasteiger partial charge is 0.466 e. The van der Waals surface area contributed by atoms with Gasteiger partial charge in [0.25, 0.3) is 0 Å². The van der Waals surface area contributed by atoms with Gasteiger partial charge in [0.1, 0.15) is 0 Å². The summed E-state index contributed by atoms with van der Waals surface area (Å²) in [6.07, 6.45) is 67.9. The third kappa shape index (κ3) is 53.8. The number of esters is 1. The molecule has 0 fully saturated rings. The minimum atomic E-state index is -0.686. The quantitative estimate of drug-likeness (QED) is 0.0321. The molecule has 0 bridgehead atoms. The average molecular weight is 947 g/mol. The van der Waals surface area contributed by atoms with E-state index in [-0.39, 0.29) is 18.5 Å². The lowest BCUT2D eigenvalue weighted by Gasteiger charge is -2.22. The van der Waals surface area contributed by atoms with Crippen LogP contribution >= 0.6 is 0 Å². The van der Waals surface area contributed by atoms with Crippen LogP contribution in [0.5, 0.6) is 0 Å². The maximum Gasteiger partial charge on any atom is 0.305 e. The normalized spacial score (nSPS) is 12.6. The maximum atomic E-state index is 12.5. The van der Waals surface area contributed by atoms with E-state index in [4.69, 9.17) is 4.74 Å². The van der Waals surface area contributed by atoms with E-state index >= 15 is 0 Å². The number of unbranched alkanes of at least 4 members (excludes halogenated alkanes) is 44. The molecule has 0 aliphatic heterocycles. The highest BCUT2D eigenvalue weighted by atomic mass is 16.5. The minimum Gasteiger partial charge on any atom is -0.466 e. The van der Waals surface area contributed by atoms with Gasteiger partial charge in [-0.25, -0.2) is 0 Å². The topological polar surface area (TPSA) is 95.9 Å². The first-order valence-electron chi connectivity index (χ1n) is 30.4. The fourth-order valence-corrected chi connectivity index (χ4v) is 9.64. The molecule has 0 aromatic rings. The molecule has 398 valence electrons. The number of nitrogens with one attached hydrogen (secondary N) is 1. The fourth-order valence-electron chi connectivity index (χ4n) is 9.64. The first-order valence-corrected chi connectivity index (χ1v) is 30.4. The smallest absolute Gasteiger partial charge is 0.305 e. The fraction of sp³-hybridized carbons (Fsp3) is 0.934. The van der Waals surface area contributed by atoms with Crippen LogP contribution in [0.2, 0.25) is 0 Å². The SMILES string of the molecule is CCCCCCCCCCCCCCCCCCCCCCCCCCC(O)C(CO)NC(=O)CCCCCC/C=C\CCCCOC(=O)CCCCCCCCCCCCCCCCCC. The van der Waals surface area contributed by atoms with Crippen molar-refractivity contribution in [2.24, 2.45) is 0 Å². The number of hydrogen-bond donors (Lipinski definition) is 3. The summed E-state index contributed by atoms with van der Waals surface area (Å²) in [5.41, 5.74) is 0. The summed E-state index contributed by atoms with van der Waals surface area (Å²) >= 11 is 0. The van der Waals surface area contributed by atoms with E-state index in [1.165, 1.54) is 231 Å². The van der Waals surface area contributed by atoms with Gasteiger partial charge >= 0.3 is 5.97 Å². The van der Waals surface area contributed by atoms with E-state index in [1.54, 1.807) is 0 Å². The summed E-state index contributed by atoms with van der Waals surface area (Å²) in [5, 5.41) is 23.3. The van der Waals surface area contributed by atoms with Crippen molar-refractivity contribution in [2.45, 2.75) is 353 Å². The van der Waals surface area contributed by atoms with Crippen LogP contribution in [-0.2, 0) is 14.3 Å². The Morgan fingerprint density at radius 3 is 1.06 bits per heavy atom. The van der Waals surface area contributed by atoms with Crippen molar-refractivity contribution >= 4 is 11.9 Å². The molecule has 2 unspecified atom stereocenters. The lowest BCUT2D eigenvalue weighted by molar-refractivity contribution is -0.143. The Hall–Kier alpha value is -1.40. The lowest BCUT2D eigenvalue weighted by atomic mass is 10.0. The molecule has 0 saturated heterocycles. The van der Waals surface area contributed by atoms with Crippen LogP contribution in [0, 0.1) is 0 Å². The molecule has 3 N–H and O–H groups in total. The van der Waals surface area contributed by atoms with Gasteiger partial charge in [-0.05, 0) is 51.4 Å². The number of aliphatic hydroxyl groups excluding tert-OH is 2.